The number of nitrogens with zero attached hydrogens (tertiary/aromatic N) is 1. The van der Waals surface area contributed by atoms with Crippen LogP contribution in [-0.4, -0.2) is 45.6 Å². The number of aliphatic hydroxyl groups excluding tert-OH is 3. The van der Waals surface area contributed by atoms with Gasteiger partial charge in [-0.2, -0.15) is 0 Å². The molecule has 0 aliphatic rings. The zero-order valence-corrected chi connectivity index (χ0v) is 9.34. The van der Waals surface area contributed by atoms with Crippen molar-refractivity contribution in [1.82, 2.24) is 0 Å². The van der Waals surface area contributed by atoms with Crippen molar-refractivity contribution < 1.29 is 24.6 Å². The van der Waals surface area contributed by atoms with Crippen molar-refractivity contribution >= 4 is 11.4 Å². The predicted octanol–water partition coefficient (Wildman–Crippen LogP) is -0.139. The summed E-state index contributed by atoms with van der Waals surface area (Å²) in [5.41, 5.74) is -2.20. The van der Waals surface area contributed by atoms with Crippen LogP contribution in [-0.2, 0) is 0 Å². The Bertz CT molecular complexity index is 428. The number of benzene rings is 1. The smallest absolute Gasteiger partial charge is 0.292 e. The molecule has 0 aliphatic carbocycles. The molecular formula is C10H13FN2O5. The van der Waals surface area contributed by atoms with E-state index in [1.807, 2.05) is 0 Å². The van der Waals surface area contributed by atoms with Gasteiger partial charge >= 0.3 is 0 Å². The van der Waals surface area contributed by atoms with Gasteiger partial charge in [0.15, 0.2) is 0 Å². The number of nitro benzene ring substituents is 1. The van der Waals surface area contributed by atoms with Crippen LogP contribution in [0, 0.1) is 15.9 Å². The van der Waals surface area contributed by atoms with E-state index in [9.17, 15) is 14.5 Å². The third-order valence-corrected chi connectivity index (χ3v) is 2.46. The molecule has 0 saturated heterocycles. The van der Waals surface area contributed by atoms with Gasteiger partial charge < -0.3 is 20.6 Å². The van der Waals surface area contributed by atoms with Crippen molar-refractivity contribution in [3.05, 3.63) is 34.1 Å². The first-order valence-corrected chi connectivity index (χ1v) is 5.03. The Balaban J connectivity index is 3.16. The van der Waals surface area contributed by atoms with Gasteiger partial charge in [0.05, 0.1) is 24.7 Å². The fraction of sp³-hybridized carbons (Fsp3) is 0.400. The SMILES string of the molecule is O=[N+]([O-])c1ccc(F)cc1NC(CO)(CO)CO. The molecule has 1 aromatic carbocycles. The van der Waals surface area contributed by atoms with Gasteiger partial charge in [0.2, 0.25) is 0 Å². The summed E-state index contributed by atoms with van der Waals surface area (Å²) in [6.07, 6.45) is 0. The van der Waals surface area contributed by atoms with Crippen LogP contribution in [0.3, 0.4) is 0 Å². The van der Waals surface area contributed by atoms with Crippen LogP contribution in [0.2, 0.25) is 0 Å². The molecular weight excluding hydrogens is 247 g/mol. The first kappa shape index (κ1) is 14.3. The molecule has 0 amide bonds. The molecule has 100 valence electrons. The van der Waals surface area contributed by atoms with Gasteiger partial charge in [-0.3, -0.25) is 10.1 Å². The van der Waals surface area contributed by atoms with Gasteiger partial charge in [-0.25, -0.2) is 4.39 Å². The van der Waals surface area contributed by atoms with E-state index in [0.29, 0.717) is 0 Å². The number of hydrogen-bond donors (Lipinski definition) is 4. The average molecular weight is 260 g/mol. The lowest BCUT2D eigenvalue weighted by atomic mass is 10.0. The van der Waals surface area contributed by atoms with Crippen LogP contribution in [0.5, 0.6) is 0 Å². The first-order valence-electron chi connectivity index (χ1n) is 5.03. The fourth-order valence-electron chi connectivity index (χ4n) is 1.32. The Morgan fingerprint density at radius 3 is 2.28 bits per heavy atom. The van der Waals surface area contributed by atoms with E-state index in [4.69, 9.17) is 15.3 Å². The average Bonchev–Trinajstić information content (AvgIpc) is 2.36. The van der Waals surface area contributed by atoms with Crippen molar-refractivity contribution in [2.75, 3.05) is 25.1 Å². The van der Waals surface area contributed by atoms with Gasteiger partial charge in [-0.1, -0.05) is 0 Å². The summed E-state index contributed by atoms with van der Waals surface area (Å²) < 4.78 is 13.0. The first-order chi connectivity index (χ1) is 8.48. The maximum Gasteiger partial charge on any atom is 0.292 e. The summed E-state index contributed by atoms with van der Waals surface area (Å²) in [6, 6.07) is 2.73. The summed E-state index contributed by atoms with van der Waals surface area (Å²) >= 11 is 0. The van der Waals surface area contributed by atoms with E-state index >= 15 is 0 Å². The molecule has 8 heteroatoms. The minimum atomic E-state index is -1.56. The highest BCUT2D eigenvalue weighted by atomic mass is 19.1. The number of halogens is 1. The summed E-state index contributed by atoms with van der Waals surface area (Å²) in [5, 5.41) is 40.4. The molecule has 18 heavy (non-hydrogen) atoms. The number of rotatable bonds is 6. The second kappa shape index (κ2) is 5.71. The molecule has 4 N–H and O–H groups in total. The quantitative estimate of drug-likeness (QED) is 0.418. The molecule has 0 bridgehead atoms. The van der Waals surface area contributed by atoms with Crippen LogP contribution in [0.1, 0.15) is 0 Å². The van der Waals surface area contributed by atoms with Crippen molar-refractivity contribution in [3.63, 3.8) is 0 Å². The number of anilines is 1. The summed E-state index contributed by atoms with van der Waals surface area (Å²) in [4.78, 5) is 10.0. The molecule has 0 aliphatic heterocycles. The van der Waals surface area contributed by atoms with Crippen LogP contribution >= 0.6 is 0 Å². The molecule has 0 aromatic heterocycles. The Hall–Kier alpha value is -1.77. The molecule has 0 heterocycles. The molecule has 7 nitrogen and oxygen atoms in total. The monoisotopic (exact) mass is 260 g/mol. The molecule has 0 saturated carbocycles. The van der Waals surface area contributed by atoms with E-state index in [1.54, 1.807) is 0 Å². The minimum Gasteiger partial charge on any atom is -0.394 e. The Morgan fingerprint density at radius 1 is 1.28 bits per heavy atom. The third kappa shape index (κ3) is 2.92. The summed E-state index contributed by atoms with van der Waals surface area (Å²) in [6.45, 7) is -2.02. The predicted molar refractivity (Wildman–Crippen MR) is 60.7 cm³/mol. The number of hydrogen-bond acceptors (Lipinski definition) is 6. The van der Waals surface area contributed by atoms with E-state index in [-0.39, 0.29) is 5.69 Å². The van der Waals surface area contributed by atoms with E-state index < -0.39 is 41.8 Å². The third-order valence-electron chi connectivity index (χ3n) is 2.46. The van der Waals surface area contributed by atoms with E-state index in [0.717, 1.165) is 18.2 Å². The Kier molecular flexibility index (Phi) is 4.54. The maximum atomic E-state index is 13.0. The standard InChI is InChI=1S/C10H13FN2O5/c11-7-1-2-9(13(17)18)8(3-7)12-10(4-14,5-15)6-16/h1-3,12,14-16H,4-6H2. The molecule has 0 unspecified atom stereocenters. The highest BCUT2D eigenvalue weighted by Crippen LogP contribution is 2.27. The highest BCUT2D eigenvalue weighted by molar-refractivity contribution is 5.62. The molecule has 0 spiro atoms. The molecule has 1 aromatic rings. The molecule has 0 fully saturated rings. The topological polar surface area (TPSA) is 116 Å². The highest BCUT2D eigenvalue weighted by Gasteiger charge is 2.30. The summed E-state index contributed by atoms with van der Waals surface area (Å²) in [5.74, 6) is -0.717. The fourth-order valence-corrected chi connectivity index (χ4v) is 1.32. The minimum absolute atomic E-state index is 0.225. The molecule has 1 rings (SSSR count). The maximum absolute atomic E-state index is 13.0. The van der Waals surface area contributed by atoms with Crippen LogP contribution in [0.4, 0.5) is 15.8 Å². The lowest BCUT2D eigenvalue weighted by Crippen LogP contribution is -2.49. The van der Waals surface area contributed by atoms with Crippen LogP contribution < -0.4 is 5.32 Å². The number of nitrogens with one attached hydrogen (secondary N) is 1. The van der Waals surface area contributed by atoms with Crippen molar-refractivity contribution in [2.45, 2.75) is 5.54 Å². The van der Waals surface area contributed by atoms with Gasteiger partial charge in [0.1, 0.15) is 17.0 Å². The number of nitro groups is 1. The van der Waals surface area contributed by atoms with Crippen LogP contribution in [0.15, 0.2) is 18.2 Å². The van der Waals surface area contributed by atoms with E-state index in [1.165, 1.54) is 0 Å². The molecule has 0 atom stereocenters. The van der Waals surface area contributed by atoms with Gasteiger partial charge in [0.25, 0.3) is 5.69 Å². The van der Waals surface area contributed by atoms with Crippen molar-refractivity contribution in [3.8, 4) is 0 Å². The molecule has 0 radical (unpaired) electrons. The van der Waals surface area contributed by atoms with Crippen LogP contribution in [0.25, 0.3) is 0 Å². The second-order valence-corrected chi connectivity index (χ2v) is 3.80. The summed E-state index contributed by atoms with van der Waals surface area (Å²) in [7, 11) is 0. The Labute approximate surface area is 102 Å². The van der Waals surface area contributed by atoms with Gasteiger partial charge in [-0.15, -0.1) is 0 Å². The van der Waals surface area contributed by atoms with Crippen molar-refractivity contribution in [2.24, 2.45) is 0 Å². The van der Waals surface area contributed by atoms with Gasteiger partial charge in [0, 0.05) is 12.1 Å². The normalized spacial score (nSPS) is 11.3. The lowest BCUT2D eigenvalue weighted by molar-refractivity contribution is -0.384. The van der Waals surface area contributed by atoms with Crippen molar-refractivity contribution in [1.29, 1.82) is 0 Å². The second-order valence-electron chi connectivity index (χ2n) is 3.80. The zero-order chi connectivity index (χ0) is 13.8. The number of aliphatic hydroxyl groups is 3. The zero-order valence-electron chi connectivity index (χ0n) is 9.34. The largest absolute Gasteiger partial charge is 0.394 e. The lowest BCUT2D eigenvalue weighted by Gasteiger charge is -2.29. The van der Waals surface area contributed by atoms with E-state index in [2.05, 4.69) is 5.32 Å². The Morgan fingerprint density at radius 2 is 1.83 bits per heavy atom. The van der Waals surface area contributed by atoms with Gasteiger partial charge in [-0.05, 0) is 6.07 Å².